The Morgan fingerprint density at radius 3 is 2.83 bits per heavy atom. The maximum atomic E-state index is 13.6. The van der Waals surface area contributed by atoms with Crippen LogP contribution in [0.15, 0.2) is 47.1 Å². The van der Waals surface area contributed by atoms with Crippen LogP contribution in [0, 0.1) is 12.7 Å². The molecule has 4 heterocycles. The normalized spacial score (nSPS) is 14.7. The maximum absolute atomic E-state index is 13.6. The predicted octanol–water partition coefficient (Wildman–Crippen LogP) is 2.55. The molecule has 0 amide bonds. The molecule has 4 aromatic rings. The van der Waals surface area contributed by atoms with Gasteiger partial charge in [0.2, 0.25) is 0 Å². The van der Waals surface area contributed by atoms with Crippen LogP contribution in [0.5, 0.6) is 0 Å². The Labute approximate surface area is 166 Å². The fourth-order valence-electron chi connectivity index (χ4n) is 3.54. The molecule has 0 N–H and O–H groups in total. The molecular formula is C20H20FN7O. The SMILES string of the molecule is Cc1nc(CN(C)C2CN(c3ccc4nnc(-c5cccc(F)c5)n4n3)C2)co1. The molecule has 8 nitrogen and oxygen atoms in total. The zero-order valence-electron chi connectivity index (χ0n) is 16.2. The van der Waals surface area contributed by atoms with E-state index in [0.717, 1.165) is 31.1 Å². The van der Waals surface area contributed by atoms with E-state index in [-0.39, 0.29) is 5.82 Å². The van der Waals surface area contributed by atoms with Crippen molar-refractivity contribution in [2.45, 2.75) is 19.5 Å². The Hall–Kier alpha value is -3.33. The summed E-state index contributed by atoms with van der Waals surface area (Å²) in [6.45, 7) is 4.32. The fraction of sp³-hybridized carbons (Fsp3) is 0.300. The van der Waals surface area contributed by atoms with E-state index in [1.807, 2.05) is 19.1 Å². The molecule has 29 heavy (non-hydrogen) atoms. The van der Waals surface area contributed by atoms with Crippen molar-refractivity contribution in [2.75, 3.05) is 25.0 Å². The summed E-state index contributed by atoms with van der Waals surface area (Å²) in [4.78, 5) is 8.83. The summed E-state index contributed by atoms with van der Waals surface area (Å²) in [5.74, 6) is 1.74. The fourth-order valence-corrected chi connectivity index (χ4v) is 3.54. The quantitative estimate of drug-likeness (QED) is 0.516. The van der Waals surface area contributed by atoms with Crippen LogP contribution in [0.4, 0.5) is 10.2 Å². The van der Waals surface area contributed by atoms with Crippen molar-refractivity contribution < 1.29 is 8.81 Å². The van der Waals surface area contributed by atoms with Crippen molar-refractivity contribution in [3.8, 4) is 11.4 Å². The third-order valence-corrected chi connectivity index (χ3v) is 5.22. The van der Waals surface area contributed by atoms with Gasteiger partial charge in [0.15, 0.2) is 17.4 Å². The minimum absolute atomic E-state index is 0.314. The number of oxazole rings is 1. The van der Waals surface area contributed by atoms with Crippen molar-refractivity contribution in [2.24, 2.45) is 0 Å². The standard InChI is InChI=1S/C20H20FN7O/c1-13-22-16(12-29-13)9-26(2)17-10-27(11-17)19-7-6-18-23-24-20(28(18)25-19)14-4-3-5-15(21)8-14/h3-8,12,17H,9-11H2,1-2H3. The first-order chi connectivity index (χ1) is 14.1. The van der Waals surface area contributed by atoms with Crippen LogP contribution in [0.3, 0.4) is 0 Å². The number of aryl methyl sites for hydroxylation is 1. The highest BCUT2D eigenvalue weighted by Crippen LogP contribution is 2.24. The zero-order valence-corrected chi connectivity index (χ0v) is 16.2. The number of hydrogen-bond donors (Lipinski definition) is 0. The van der Waals surface area contributed by atoms with E-state index in [4.69, 9.17) is 9.52 Å². The highest BCUT2D eigenvalue weighted by atomic mass is 19.1. The Morgan fingerprint density at radius 2 is 2.07 bits per heavy atom. The van der Waals surface area contributed by atoms with E-state index in [1.54, 1.807) is 22.9 Å². The van der Waals surface area contributed by atoms with Gasteiger partial charge in [-0.3, -0.25) is 4.90 Å². The molecular weight excluding hydrogens is 373 g/mol. The average molecular weight is 393 g/mol. The molecule has 0 atom stereocenters. The summed E-state index contributed by atoms with van der Waals surface area (Å²) < 4.78 is 20.6. The lowest BCUT2D eigenvalue weighted by molar-refractivity contribution is 0.194. The van der Waals surface area contributed by atoms with Gasteiger partial charge < -0.3 is 9.32 Å². The third-order valence-electron chi connectivity index (χ3n) is 5.22. The van der Waals surface area contributed by atoms with Gasteiger partial charge in [0.25, 0.3) is 0 Å². The maximum Gasteiger partial charge on any atom is 0.191 e. The lowest BCUT2D eigenvalue weighted by atomic mass is 10.1. The van der Waals surface area contributed by atoms with Crippen molar-refractivity contribution in [3.63, 3.8) is 0 Å². The van der Waals surface area contributed by atoms with Gasteiger partial charge in [-0.2, -0.15) is 4.52 Å². The minimum atomic E-state index is -0.314. The molecule has 1 aromatic carbocycles. The van der Waals surface area contributed by atoms with E-state index in [2.05, 4.69) is 32.0 Å². The topological polar surface area (TPSA) is 75.6 Å². The average Bonchev–Trinajstić information content (AvgIpc) is 3.26. The molecule has 1 aliphatic heterocycles. The van der Waals surface area contributed by atoms with Gasteiger partial charge in [-0.05, 0) is 31.3 Å². The van der Waals surface area contributed by atoms with Gasteiger partial charge in [0.05, 0.1) is 5.69 Å². The molecule has 0 radical (unpaired) electrons. The number of nitrogens with zero attached hydrogens (tertiary/aromatic N) is 7. The zero-order chi connectivity index (χ0) is 20.0. The summed E-state index contributed by atoms with van der Waals surface area (Å²) in [7, 11) is 2.09. The second-order valence-electron chi connectivity index (χ2n) is 7.33. The molecule has 0 unspecified atom stereocenters. The highest BCUT2D eigenvalue weighted by molar-refractivity contribution is 5.60. The van der Waals surface area contributed by atoms with E-state index < -0.39 is 0 Å². The molecule has 1 aliphatic rings. The van der Waals surface area contributed by atoms with Gasteiger partial charge in [-0.25, -0.2) is 9.37 Å². The van der Waals surface area contributed by atoms with Gasteiger partial charge in [0.1, 0.15) is 17.9 Å². The van der Waals surface area contributed by atoms with Crippen LogP contribution in [0.2, 0.25) is 0 Å². The molecule has 1 fully saturated rings. The van der Waals surface area contributed by atoms with Gasteiger partial charge in [-0.15, -0.1) is 15.3 Å². The number of anilines is 1. The third kappa shape index (κ3) is 3.33. The molecule has 0 spiro atoms. The number of hydrogen-bond acceptors (Lipinski definition) is 7. The van der Waals surface area contributed by atoms with Crippen LogP contribution in [-0.4, -0.2) is 55.9 Å². The van der Waals surface area contributed by atoms with Crippen molar-refractivity contribution in [1.82, 2.24) is 29.7 Å². The van der Waals surface area contributed by atoms with Crippen LogP contribution in [-0.2, 0) is 6.54 Å². The largest absolute Gasteiger partial charge is 0.449 e. The number of likely N-dealkylation sites (N-methyl/N-ethyl adjacent to an activating group) is 1. The Bertz CT molecular complexity index is 1160. The van der Waals surface area contributed by atoms with Crippen LogP contribution >= 0.6 is 0 Å². The number of halogens is 1. The van der Waals surface area contributed by atoms with Crippen LogP contribution in [0.25, 0.3) is 17.0 Å². The van der Waals surface area contributed by atoms with Crippen molar-refractivity contribution in [3.05, 3.63) is 60.1 Å². The second kappa shape index (κ2) is 6.93. The summed E-state index contributed by atoms with van der Waals surface area (Å²) in [6, 6.07) is 10.5. The molecule has 148 valence electrons. The lowest BCUT2D eigenvalue weighted by Gasteiger charge is -2.44. The first kappa shape index (κ1) is 17.7. The number of benzene rings is 1. The first-order valence-electron chi connectivity index (χ1n) is 9.41. The van der Waals surface area contributed by atoms with Gasteiger partial charge >= 0.3 is 0 Å². The number of aromatic nitrogens is 5. The summed E-state index contributed by atoms with van der Waals surface area (Å²) in [5, 5.41) is 13.0. The predicted molar refractivity (Wildman–Crippen MR) is 105 cm³/mol. The lowest BCUT2D eigenvalue weighted by Crippen LogP contribution is -2.58. The van der Waals surface area contributed by atoms with Crippen molar-refractivity contribution in [1.29, 1.82) is 0 Å². The molecule has 3 aromatic heterocycles. The summed E-state index contributed by atoms with van der Waals surface area (Å²) in [6.07, 6.45) is 1.71. The first-order valence-corrected chi connectivity index (χ1v) is 9.41. The number of rotatable bonds is 5. The van der Waals surface area contributed by atoms with E-state index in [9.17, 15) is 4.39 Å². The molecule has 5 rings (SSSR count). The van der Waals surface area contributed by atoms with E-state index in [1.165, 1.54) is 12.1 Å². The van der Waals surface area contributed by atoms with Gasteiger partial charge in [-0.1, -0.05) is 12.1 Å². The molecule has 0 aliphatic carbocycles. The molecule has 0 bridgehead atoms. The molecule has 0 saturated carbocycles. The van der Waals surface area contributed by atoms with E-state index in [0.29, 0.717) is 29.0 Å². The minimum Gasteiger partial charge on any atom is -0.449 e. The molecule has 1 saturated heterocycles. The second-order valence-corrected chi connectivity index (χ2v) is 7.33. The van der Waals surface area contributed by atoms with Gasteiger partial charge in [0, 0.05) is 38.2 Å². The van der Waals surface area contributed by atoms with E-state index >= 15 is 0 Å². The number of fused-ring (bicyclic) bond motifs is 1. The molecule has 9 heteroatoms. The summed E-state index contributed by atoms with van der Waals surface area (Å²) >= 11 is 0. The van der Waals surface area contributed by atoms with Crippen LogP contribution < -0.4 is 4.90 Å². The Kier molecular flexibility index (Phi) is 4.24. The van der Waals surface area contributed by atoms with Crippen LogP contribution in [0.1, 0.15) is 11.6 Å². The summed E-state index contributed by atoms with van der Waals surface area (Å²) in [5.41, 5.74) is 2.21. The Morgan fingerprint density at radius 1 is 1.21 bits per heavy atom. The van der Waals surface area contributed by atoms with Crippen molar-refractivity contribution >= 4 is 11.5 Å². The highest BCUT2D eigenvalue weighted by Gasteiger charge is 2.31. The smallest absolute Gasteiger partial charge is 0.191 e. The monoisotopic (exact) mass is 393 g/mol. The Balaban J connectivity index is 1.32.